The number of halogens is 1. The number of sulfonamides is 1. The van der Waals surface area contributed by atoms with Crippen molar-refractivity contribution in [1.29, 1.82) is 0 Å². The van der Waals surface area contributed by atoms with Gasteiger partial charge in [-0.25, -0.2) is 22.5 Å². The molecule has 2 heterocycles. The molecule has 0 fully saturated rings. The van der Waals surface area contributed by atoms with Crippen molar-refractivity contribution >= 4 is 10.0 Å². The van der Waals surface area contributed by atoms with E-state index in [4.69, 9.17) is 0 Å². The zero-order valence-electron chi connectivity index (χ0n) is 9.25. The molecule has 5 nitrogen and oxygen atoms in total. The summed E-state index contributed by atoms with van der Waals surface area (Å²) in [6, 6.07) is 5.77. The molecule has 0 aliphatic carbocycles. The summed E-state index contributed by atoms with van der Waals surface area (Å²) >= 11 is 0. The first-order valence-electron chi connectivity index (χ1n) is 5.09. The lowest BCUT2D eigenvalue weighted by Crippen LogP contribution is -2.25. The number of nitrogens with zero attached hydrogens (tertiary/aromatic N) is 2. The Morgan fingerprint density at radius 3 is 2.67 bits per heavy atom. The lowest BCUT2D eigenvalue weighted by Gasteiger charge is -2.06. The second kappa shape index (κ2) is 5.19. The summed E-state index contributed by atoms with van der Waals surface area (Å²) in [6.07, 6.45) is 4.33. The van der Waals surface area contributed by atoms with Crippen LogP contribution in [0.2, 0.25) is 0 Å². The molecule has 94 valence electrons. The van der Waals surface area contributed by atoms with E-state index in [1.54, 1.807) is 18.3 Å². The highest BCUT2D eigenvalue weighted by Gasteiger charge is 2.19. The molecule has 1 N–H and O–H groups in total. The minimum absolute atomic E-state index is 0.0339. The monoisotopic (exact) mass is 267 g/mol. The summed E-state index contributed by atoms with van der Waals surface area (Å²) in [5.74, 6) is -0.879. The van der Waals surface area contributed by atoms with Crippen molar-refractivity contribution in [3.05, 3.63) is 54.2 Å². The topological polar surface area (TPSA) is 72.0 Å². The van der Waals surface area contributed by atoms with Gasteiger partial charge in [-0.1, -0.05) is 6.07 Å². The van der Waals surface area contributed by atoms with E-state index in [-0.39, 0.29) is 6.54 Å². The van der Waals surface area contributed by atoms with E-state index in [1.807, 2.05) is 0 Å². The van der Waals surface area contributed by atoms with Gasteiger partial charge in [0, 0.05) is 25.1 Å². The van der Waals surface area contributed by atoms with Crippen LogP contribution in [-0.2, 0) is 16.6 Å². The van der Waals surface area contributed by atoms with Gasteiger partial charge in [-0.05, 0) is 23.8 Å². The smallest absolute Gasteiger partial charge is 0.261 e. The Balaban J connectivity index is 2.16. The summed E-state index contributed by atoms with van der Waals surface area (Å²) < 4.78 is 39.2. The van der Waals surface area contributed by atoms with E-state index in [1.165, 1.54) is 18.5 Å². The molecule has 0 aliphatic rings. The summed E-state index contributed by atoms with van der Waals surface area (Å²) in [6.45, 7) is 0.0339. The van der Waals surface area contributed by atoms with E-state index in [9.17, 15) is 12.8 Å². The predicted molar refractivity (Wildman–Crippen MR) is 62.5 cm³/mol. The third kappa shape index (κ3) is 2.88. The first kappa shape index (κ1) is 12.6. The Morgan fingerprint density at radius 1 is 1.22 bits per heavy atom. The summed E-state index contributed by atoms with van der Waals surface area (Å²) in [5.41, 5.74) is 0.678. The lowest BCUT2D eigenvalue weighted by atomic mass is 10.3. The van der Waals surface area contributed by atoms with Crippen LogP contribution in [0.15, 0.2) is 47.9 Å². The van der Waals surface area contributed by atoms with Crippen molar-refractivity contribution < 1.29 is 12.8 Å². The van der Waals surface area contributed by atoms with E-state index in [0.717, 1.165) is 6.07 Å². The molecule has 0 radical (unpaired) electrons. The zero-order valence-corrected chi connectivity index (χ0v) is 10.1. The number of aromatic nitrogens is 2. The second-order valence-corrected chi connectivity index (χ2v) is 5.16. The van der Waals surface area contributed by atoms with Gasteiger partial charge in [0.15, 0.2) is 5.82 Å². The van der Waals surface area contributed by atoms with Gasteiger partial charge < -0.3 is 0 Å². The van der Waals surface area contributed by atoms with Gasteiger partial charge >= 0.3 is 0 Å². The number of rotatable bonds is 4. The Bertz CT molecular complexity index is 632. The van der Waals surface area contributed by atoms with Crippen LogP contribution in [0, 0.1) is 5.82 Å². The van der Waals surface area contributed by atoms with Crippen molar-refractivity contribution in [3.63, 3.8) is 0 Å². The Kier molecular flexibility index (Phi) is 3.63. The van der Waals surface area contributed by atoms with Crippen LogP contribution in [0.25, 0.3) is 0 Å². The highest BCUT2D eigenvalue weighted by atomic mass is 32.2. The van der Waals surface area contributed by atoms with Crippen LogP contribution in [0.1, 0.15) is 5.56 Å². The first-order chi connectivity index (χ1) is 8.59. The van der Waals surface area contributed by atoms with E-state index in [2.05, 4.69) is 14.7 Å². The quantitative estimate of drug-likeness (QED) is 0.900. The molecule has 0 unspecified atom stereocenters. The van der Waals surface area contributed by atoms with Crippen molar-refractivity contribution in [2.24, 2.45) is 0 Å². The fraction of sp³-hybridized carbons (Fsp3) is 0.0909. The van der Waals surface area contributed by atoms with Crippen LogP contribution in [-0.4, -0.2) is 18.4 Å². The van der Waals surface area contributed by atoms with Crippen LogP contribution in [0.5, 0.6) is 0 Å². The van der Waals surface area contributed by atoms with E-state index >= 15 is 0 Å². The maximum atomic E-state index is 13.3. The molecule has 0 atom stereocenters. The standard InChI is InChI=1S/C11H10FN3O2S/c12-10-4-2-6-14-11(10)18(16,17)15-8-9-3-1-5-13-7-9/h1-7,15H,8H2. The molecule has 0 spiro atoms. The Morgan fingerprint density at radius 2 is 2.00 bits per heavy atom. The van der Waals surface area contributed by atoms with Crippen molar-refractivity contribution in [3.8, 4) is 0 Å². The van der Waals surface area contributed by atoms with Gasteiger partial charge in [-0.15, -0.1) is 0 Å². The molecule has 18 heavy (non-hydrogen) atoms. The van der Waals surface area contributed by atoms with Crippen LogP contribution < -0.4 is 4.72 Å². The first-order valence-corrected chi connectivity index (χ1v) is 6.57. The third-order valence-electron chi connectivity index (χ3n) is 2.17. The minimum Gasteiger partial charge on any atom is -0.264 e. The van der Waals surface area contributed by atoms with Crippen molar-refractivity contribution in [1.82, 2.24) is 14.7 Å². The molecule has 0 saturated heterocycles. The molecular formula is C11H10FN3O2S. The molecular weight excluding hydrogens is 257 g/mol. The van der Waals surface area contributed by atoms with Gasteiger partial charge in [0.1, 0.15) is 0 Å². The number of nitrogens with one attached hydrogen (secondary N) is 1. The normalized spacial score (nSPS) is 11.4. The maximum Gasteiger partial charge on any atom is 0.261 e. The van der Waals surface area contributed by atoms with Crippen molar-refractivity contribution in [2.45, 2.75) is 11.6 Å². The molecule has 0 amide bonds. The predicted octanol–water partition coefficient (Wildman–Crippen LogP) is 1.09. The highest BCUT2D eigenvalue weighted by Crippen LogP contribution is 2.10. The minimum atomic E-state index is -3.95. The molecule has 0 bridgehead atoms. The molecule has 2 aromatic rings. The molecule has 0 saturated carbocycles. The Hall–Kier alpha value is -1.86. The van der Waals surface area contributed by atoms with Gasteiger partial charge in [-0.2, -0.15) is 0 Å². The summed E-state index contributed by atoms with van der Waals surface area (Å²) in [4.78, 5) is 7.37. The fourth-order valence-corrected chi connectivity index (χ4v) is 2.34. The molecule has 0 aliphatic heterocycles. The second-order valence-electron chi connectivity index (χ2n) is 3.48. The van der Waals surface area contributed by atoms with Gasteiger partial charge in [0.25, 0.3) is 10.0 Å². The third-order valence-corrected chi connectivity index (χ3v) is 3.50. The van der Waals surface area contributed by atoms with Gasteiger partial charge in [0.2, 0.25) is 5.03 Å². The molecule has 2 rings (SSSR count). The highest BCUT2D eigenvalue weighted by molar-refractivity contribution is 7.89. The number of hydrogen-bond donors (Lipinski definition) is 1. The summed E-state index contributed by atoms with van der Waals surface area (Å²) in [5, 5.41) is -0.603. The Labute approximate surface area is 104 Å². The lowest BCUT2D eigenvalue weighted by molar-refractivity contribution is 0.544. The van der Waals surface area contributed by atoms with Crippen LogP contribution >= 0.6 is 0 Å². The fourth-order valence-electron chi connectivity index (χ4n) is 1.32. The largest absolute Gasteiger partial charge is 0.264 e. The SMILES string of the molecule is O=S(=O)(NCc1cccnc1)c1ncccc1F. The number of hydrogen-bond acceptors (Lipinski definition) is 4. The van der Waals surface area contributed by atoms with Crippen LogP contribution in [0.4, 0.5) is 4.39 Å². The average molecular weight is 267 g/mol. The average Bonchev–Trinajstić information content (AvgIpc) is 2.38. The van der Waals surface area contributed by atoms with Crippen molar-refractivity contribution in [2.75, 3.05) is 0 Å². The van der Waals surface area contributed by atoms with Crippen LogP contribution in [0.3, 0.4) is 0 Å². The zero-order chi connectivity index (χ0) is 13.0. The van der Waals surface area contributed by atoms with E-state index < -0.39 is 20.9 Å². The summed E-state index contributed by atoms with van der Waals surface area (Å²) in [7, 11) is -3.95. The molecule has 0 aromatic carbocycles. The van der Waals surface area contributed by atoms with E-state index in [0.29, 0.717) is 5.56 Å². The van der Waals surface area contributed by atoms with Gasteiger partial charge in [-0.3, -0.25) is 4.98 Å². The molecule has 2 aromatic heterocycles. The molecule has 7 heteroatoms. The van der Waals surface area contributed by atoms with Gasteiger partial charge in [0.05, 0.1) is 0 Å². The maximum absolute atomic E-state index is 13.3. The number of pyridine rings is 2.